The lowest BCUT2D eigenvalue weighted by Crippen LogP contribution is -2.16. The summed E-state index contributed by atoms with van der Waals surface area (Å²) < 4.78 is 0. The first-order valence-electron chi connectivity index (χ1n) is 6.60. The van der Waals surface area contributed by atoms with E-state index in [9.17, 15) is 0 Å². The highest BCUT2D eigenvalue weighted by molar-refractivity contribution is 5.52. The molecule has 0 aliphatic rings. The minimum absolute atomic E-state index is 0.859. The summed E-state index contributed by atoms with van der Waals surface area (Å²) in [4.78, 5) is 2.27. The molecule has 0 saturated carbocycles. The van der Waals surface area contributed by atoms with Gasteiger partial charge in [0, 0.05) is 25.0 Å². The van der Waals surface area contributed by atoms with Crippen LogP contribution in [-0.4, -0.2) is 7.05 Å². The Kier molecular flexibility index (Phi) is 3.79. The summed E-state index contributed by atoms with van der Waals surface area (Å²) in [7, 11) is 2.12. The molecule has 19 heavy (non-hydrogen) atoms. The second-order valence-electron chi connectivity index (χ2n) is 5.39. The van der Waals surface area contributed by atoms with E-state index in [0.29, 0.717) is 0 Å². The van der Waals surface area contributed by atoms with Gasteiger partial charge in [0.25, 0.3) is 0 Å². The molecule has 2 rings (SSSR count). The zero-order valence-corrected chi connectivity index (χ0v) is 12.2. The molecular weight excluding hydrogens is 232 g/mol. The molecule has 2 aromatic rings. The van der Waals surface area contributed by atoms with Crippen molar-refractivity contribution in [3.63, 3.8) is 0 Å². The highest BCUT2D eigenvalue weighted by Crippen LogP contribution is 2.20. The third-order valence-corrected chi connectivity index (χ3v) is 3.40. The first-order chi connectivity index (χ1) is 8.95. The highest BCUT2D eigenvalue weighted by Gasteiger charge is 2.04. The lowest BCUT2D eigenvalue weighted by Gasteiger charge is -2.21. The maximum Gasteiger partial charge on any atom is 0.0426 e. The second-order valence-corrected chi connectivity index (χ2v) is 5.39. The number of nitrogen functional groups attached to an aromatic ring is 1. The van der Waals surface area contributed by atoms with Gasteiger partial charge in [0.1, 0.15) is 0 Å². The van der Waals surface area contributed by atoms with Crippen molar-refractivity contribution in [2.75, 3.05) is 17.7 Å². The van der Waals surface area contributed by atoms with Crippen molar-refractivity contribution in [2.45, 2.75) is 27.3 Å². The van der Waals surface area contributed by atoms with E-state index in [0.717, 1.165) is 17.8 Å². The number of hydrogen-bond acceptors (Lipinski definition) is 2. The maximum atomic E-state index is 5.86. The molecule has 2 aromatic carbocycles. The van der Waals surface area contributed by atoms with E-state index in [1.54, 1.807) is 0 Å². The van der Waals surface area contributed by atoms with Crippen molar-refractivity contribution in [2.24, 2.45) is 0 Å². The largest absolute Gasteiger partial charge is 0.399 e. The van der Waals surface area contributed by atoms with Crippen LogP contribution in [0, 0.1) is 20.8 Å². The molecular formula is C17H22N2. The van der Waals surface area contributed by atoms with Crippen LogP contribution in [0.4, 0.5) is 11.4 Å². The fourth-order valence-corrected chi connectivity index (χ4v) is 2.37. The number of anilines is 2. The van der Waals surface area contributed by atoms with Crippen molar-refractivity contribution >= 4 is 11.4 Å². The van der Waals surface area contributed by atoms with E-state index >= 15 is 0 Å². The zero-order chi connectivity index (χ0) is 14.0. The third kappa shape index (κ3) is 3.28. The van der Waals surface area contributed by atoms with Gasteiger partial charge in [0.2, 0.25) is 0 Å². The Balaban J connectivity index is 2.20. The molecule has 0 fully saturated rings. The van der Waals surface area contributed by atoms with Gasteiger partial charge < -0.3 is 10.6 Å². The minimum Gasteiger partial charge on any atom is -0.399 e. The normalized spacial score (nSPS) is 10.5. The van der Waals surface area contributed by atoms with Gasteiger partial charge in [-0.05, 0) is 61.2 Å². The summed E-state index contributed by atoms with van der Waals surface area (Å²) in [6.45, 7) is 7.22. The monoisotopic (exact) mass is 254 g/mol. The lowest BCUT2D eigenvalue weighted by atomic mass is 10.1. The van der Waals surface area contributed by atoms with E-state index < -0.39 is 0 Å². The molecule has 100 valence electrons. The fourth-order valence-electron chi connectivity index (χ4n) is 2.37. The van der Waals surface area contributed by atoms with E-state index in [4.69, 9.17) is 5.73 Å². The quantitative estimate of drug-likeness (QED) is 0.843. The molecule has 0 bridgehead atoms. The van der Waals surface area contributed by atoms with Gasteiger partial charge >= 0.3 is 0 Å². The lowest BCUT2D eigenvalue weighted by molar-refractivity contribution is 0.919. The van der Waals surface area contributed by atoms with Crippen molar-refractivity contribution < 1.29 is 0 Å². The van der Waals surface area contributed by atoms with Crippen LogP contribution in [0.15, 0.2) is 36.4 Å². The Morgan fingerprint density at radius 3 is 2.16 bits per heavy atom. The number of rotatable bonds is 3. The summed E-state index contributed by atoms with van der Waals surface area (Å²) in [6, 6.07) is 12.9. The summed E-state index contributed by atoms with van der Waals surface area (Å²) in [6.07, 6.45) is 0. The van der Waals surface area contributed by atoms with Crippen LogP contribution in [-0.2, 0) is 6.54 Å². The van der Waals surface area contributed by atoms with Crippen LogP contribution in [0.3, 0.4) is 0 Å². The van der Waals surface area contributed by atoms with Gasteiger partial charge in [-0.2, -0.15) is 0 Å². The minimum atomic E-state index is 0.859. The molecule has 0 saturated heterocycles. The van der Waals surface area contributed by atoms with Crippen LogP contribution >= 0.6 is 0 Å². The van der Waals surface area contributed by atoms with Gasteiger partial charge in [0.05, 0.1) is 0 Å². The first-order valence-corrected chi connectivity index (χ1v) is 6.60. The molecule has 2 N–H and O–H groups in total. The molecule has 2 heteroatoms. The van der Waals surface area contributed by atoms with Gasteiger partial charge in [-0.25, -0.2) is 0 Å². The van der Waals surface area contributed by atoms with Crippen molar-refractivity contribution in [3.8, 4) is 0 Å². The first kappa shape index (κ1) is 13.5. The van der Waals surface area contributed by atoms with E-state index in [1.165, 1.54) is 22.4 Å². The number of nitrogens with two attached hydrogens (primary N) is 1. The van der Waals surface area contributed by atoms with Crippen LogP contribution in [0.25, 0.3) is 0 Å². The molecule has 0 radical (unpaired) electrons. The predicted molar refractivity (Wildman–Crippen MR) is 83.6 cm³/mol. The predicted octanol–water partition coefficient (Wildman–Crippen LogP) is 3.83. The Morgan fingerprint density at radius 1 is 0.947 bits per heavy atom. The fraction of sp³-hybridized carbons (Fsp3) is 0.294. The summed E-state index contributed by atoms with van der Waals surface area (Å²) >= 11 is 0. The topological polar surface area (TPSA) is 29.3 Å². The Hall–Kier alpha value is -1.96. The molecule has 0 aliphatic heterocycles. The molecule has 0 unspecified atom stereocenters. The number of hydrogen-bond donors (Lipinski definition) is 1. The number of aryl methyl sites for hydroxylation is 3. The van der Waals surface area contributed by atoms with E-state index in [1.807, 2.05) is 6.07 Å². The van der Waals surface area contributed by atoms with E-state index in [2.05, 4.69) is 63.1 Å². The molecule has 0 aromatic heterocycles. The standard InChI is InChI=1S/C17H22N2/c1-12-7-13(2)9-16(8-12)19(4)11-15-5-6-17(18)14(3)10-15/h5-10H,11,18H2,1-4H3. The van der Waals surface area contributed by atoms with Gasteiger partial charge in [0.15, 0.2) is 0 Å². The molecule has 0 atom stereocenters. The molecule has 0 aliphatic carbocycles. The average molecular weight is 254 g/mol. The second kappa shape index (κ2) is 5.35. The van der Waals surface area contributed by atoms with E-state index in [-0.39, 0.29) is 0 Å². The Labute approximate surface area is 115 Å². The van der Waals surface area contributed by atoms with Crippen LogP contribution in [0.1, 0.15) is 22.3 Å². The summed E-state index contributed by atoms with van der Waals surface area (Å²) in [5.74, 6) is 0. The smallest absolute Gasteiger partial charge is 0.0426 e. The maximum absolute atomic E-state index is 5.86. The highest BCUT2D eigenvalue weighted by atomic mass is 15.1. The van der Waals surface area contributed by atoms with Gasteiger partial charge in [-0.1, -0.05) is 18.2 Å². The SMILES string of the molecule is Cc1cc(C)cc(N(C)Cc2ccc(N)c(C)c2)c1. The molecule has 2 nitrogen and oxygen atoms in total. The van der Waals surface area contributed by atoms with Crippen molar-refractivity contribution in [3.05, 3.63) is 58.7 Å². The van der Waals surface area contributed by atoms with Crippen LogP contribution < -0.4 is 10.6 Å². The van der Waals surface area contributed by atoms with Crippen molar-refractivity contribution in [1.82, 2.24) is 0 Å². The van der Waals surface area contributed by atoms with Crippen LogP contribution in [0.2, 0.25) is 0 Å². The summed E-state index contributed by atoms with van der Waals surface area (Å²) in [5.41, 5.74) is 13.0. The van der Waals surface area contributed by atoms with Crippen LogP contribution in [0.5, 0.6) is 0 Å². The Bertz CT molecular complexity index is 568. The molecule has 0 amide bonds. The Morgan fingerprint density at radius 2 is 1.58 bits per heavy atom. The van der Waals surface area contributed by atoms with Gasteiger partial charge in [-0.15, -0.1) is 0 Å². The van der Waals surface area contributed by atoms with Gasteiger partial charge in [-0.3, -0.25) is 0 Å². The zero-order valence-electron chi connectivity index (χ0n) is 12.2. The van der Waals surface area contributed by atoms with Crippen molar-refractivity contribution in [1.29, 1.82) is 0 Å². The average Bonchev–Trinajstić information content (AvgIpc) is 2.32. The molecule has 0 heterocycles. The third-order valence-electron chi connectivity index (χ3n) is 3.40. The number of nitrogens with zero attached hydrogens (tertiary/aromatic N) is 1. The summed E-state index contributed by atoms with van der Waals surface area (Å²) in [5, 5.41) is 0. The molecule has 0 spiro atoms. The number of benzene rings is 2.